The largest absolute Gasteiger partial charge is 0.493 e. The lowest BCUT2D eigenvalue weighted by Gasteiger charge is -2.14. The second-order valence-corrected chi connectivity index (χ2v) is 9.24. The molecule has 1 heterocycles. The van der Waals surface area contributed by atoms with E-state index in [1.165, 1.54) is 48.4 Å². The summed E-state index contributed by atoms with van der Waals surface area (Å²) in [6.07, 6.45) is 2.50. The maximum atomic E-state index is 12.8. The minimum Gasteiger partial charge on any atom is -0.493 e. The van der Waals surface area contributed by atoms with Crippen molar-refractivity contribution in [3.05, 3.63) is 63.0 Å². The number of ether oxygens (including phenoxy) is 1. The van der Waals surface area contributed by atoms with Gasteiger partial charge in [-0.15, -0.1) is 0 Å². The van der Waals surface area contributed by atoms with E-state index in [2.05, 4.69) is 0 Å². The Morgan fingerprint density at radius 2 is 1.83 bits per heavy atom. The molecule has 0 saturated carbocycles. The average Bonchev–Trinajstić information content (AvgIpc) is 2.95. The highest BCUT2D eigenvalue weighted by molar-refractivity contribution is 8.27. The molecule has 1 aliphatic heterocycles. The molecule has 0 aromatic heterocycles. The van der Waals surface area contributed by atoms with Crippen molar-refractivity contribution in [2.45, 2.75) is 0 Å². The molecule has 9 nitrogen and oxygen atoms in total. The standard InChI is InChI=1S/C18H14N2O7S3/c1-26-15-9-11(3-8-14(15)27-30(2,24)25)10-16-17(21)19(18(28)29-16)12-4-6-13(7-5-12)20(22)23/h3-10H,1-2H3. The molecular formula is C18H14N2O7S3. The van der Waals surface area contributed by atoms with Crippen LogP contribution in [-0.4, -0.2) is 36.9 Å². The molecule has 0 spiro atoms. The molecule has 3 rings (SSSR count). The molecule has 1 fully saturated rings. The molecule has 0 bridgehead atoms. The highest BCUT2D eigenvalue weighted by atomic mass is 32.2. The third-order valence-electron chi connectivity index (χ3n) is 3.84. The predicted octanol–water partition coefficient (Wildman–Crippen LogP) is 3.35. The Labute approximate surface area is 181 Å². The number of amides is 1. The van der Waals surface area contributed by atoms with Gasteiger partial charge in [0.25, 0.3) is 11.6 Å². The first-order valence-electron chi connectivity index (χ1n) is 8.19. The van der Waals surface area contributed by atoms with E-state index in [0.29, 0.717) is 16.2 Å². The minimum atomic E-state index is -3.73. The van der Waals surface area contributed by atoms with Crippen molar-refractivity contribution in [2.24, 2.45) is 0 Å². The Bertz CT molecular complexity index is 1170. The van der Waals surface area contributed by atoms with Gasteiger partial charge in [0, 0.05) is 12.1 Å². The van der Waals surface area contributed by atoms with Crippen LogP contribution in [0.4, 0.5) is 11.4 Å². The zero-order valence-electron chi connectivity index (χ0n) is 15.6. The molecule has 0 aliphatic carbocycles. The molecule has 0 atom stereocenters. The van der Waals surface area contributed by atoms with Crippen molar-refractivity contribution in [1.29, 1.82) is 0 Å². The number of anilines is 1. The van der Waals surface area contributed by atoms with Gasteiger partial charge in [-0.05, 0) is 35.9 Å². The Balaban J connectivity index is 1.89. The van der Waals surface area contributed by atoms with Crippen molar-refractivity contribution in [1.82, 2.24) is 0 Å². The third-order valence-corrected chi connectivity index (χ3v) is 5.62. The fourth-order valence-electron chi connectivity index (χ4n) is 2.57. The zero-order valence-corrected chi connectivity index (χ0v) is 18.0. The summed E-state index contributed by atoms with van der Waals surface area (Å²) in [4.78, 5) is 24.7. The van der Waals surface area contributed by atoms with Gasteiger partial charge in [0.1, 0.15) is 0 Å². The van der Waals surface area contributed by atoms with Gasteiger partial charge in [0.15, 0.2) is 15.8 Å². The number of methoxy groups -OCH3 is 1. The first kappa shape index (κ1) is 21.7. The second-order valence-electron chi connectivity index (χ2n) is 5.99. The van der Waals surface area contributed by atoms with Gasteiger partial charge in [-0.2, -0.15) is 8.42 Å². The monoisotopic (exact) mass is 466 g/mol. The first-order chi connectivity index (χ1) is 14.1. The summed E-state index contributed by atoms with van der Waals surface area (Å²) >= 11 is 6.37. The van der Waals surface area contributed by atoms with E-state index in [1.807, 2.05) is 0 Å². The van der Waals surface area contributed by atoms with Crippen molar-refractivity contribution in [3.63, 3.8) is 0 Å². The number of nitro benzene ring substituents is 1. The number of hydrogen-bond acceptors (Lipinski definition) is 9. The molecule has 156 valence electrons. The smallest absolute Gasteiger partial charge is 0.306 e. The molecule has 0 N–H and O–H groups in total. The van der Waals surface area contributed by atoms with Crippen LogP contribution >= 0.6 is 24.0 Å². The van der Waals surface area contributed by atoms with E-state index in [-0.39, 0.29) is 27.4 Å². The van der Waals surface area contributed by atoms with Crippen LogP contribution in [0, 0.1) is 10.1 Å². The molecule has 1 saturated heterocycles. The summed E-state index contributed by atoms with van der Waals surface area (Å²) in [5.74, 6) is -0.176. The lowest BCUT2D eigenvalue weighted by Crippen LogP contribution is -2.27. The number of hydrogen-bond donors (Lipinski definition) is 0. The van der Waals surface area contributed by atoms with E-state index in [1.54, 1.807) is 12.1 Å². The van der Waals surface area contributed by atoms with Crippen LogP contribution in [-0.2, 0) is 14.9 Å². The van der Waals surface area contributed by atoms with Crippen molar-refractivity contribution >= 4 is 61.8 Å². The van der Waals surface area contributed by atoms with Gasteiger partial charge >= 0.3 is 10.1 Å². The molecule has 30 heavy (non-hydrogen) atoms. The molecule has 2 aromatic carbocycles. The lowest BCUT2D eigenvalue weighted by molar-refractivity contribution is -0.384. The molecular weight excluding hydrogens is 452 g/mol. The summed E-state index contributed by atoms with van der Waals surface area (Å²) < 4.78 is 33.0. The number of nitro groups is 1. The van der Waals surface area contributed by atoms with Crippen molar-refractivity contribution < 1.29 is 27.1 Å². The van der Waals surface area contributed by atoms with E-state index < -0.39 is 15.0 Å². The summed E-state index contributed by atoms with van der Waals surface area (Å²) in [5, 5.41) is 10.8. The van der Waals surface area contributed by atoms with E-state index in [0.717, 1.165) is 18.0 Å². The number of rotatable bonds is 6. The zero-order chi connectivity index (χ0) is 22.1. The van der Waals surface area contributed by atoms with Crippen molar-refractivity contribution in [2.75, 3.05) is 18.3 Å². The fourth-order valence-corrected chi connectivity index (χ4v) is 4.33. The molecule has 12 heteroatoms. The summed E-state index contributed by atoms with van der Waals surface area (Å²) in [7, 11) is -2.36. The van der Waals surface area contributed by atoms with Crippen LogP contribution in [0.25, 0.3) is 6.08 Å². The summed E-state index contributed by atoms with van der Waals surface area (Å²) in [6.45, 7) is 0. The maximum absolute atomic E-state index is 12.8. The van der Waals surface area contributed by atoms with Crippen LogP contribution in [0.5, 0.6) is 11.5 Å². The number of thiocarbonyl (C=S) groups is 1. The first-order valence-corrected chi connectivity index (χ1v) is 11.2. The number of non-ortho nitro benzene ring substituents is 1. The van der Waals surface area contributed by atoms with Gasteiger partial charge in [-0.1, -0.05) is 30.0 Å². The topological polar surface area (TPSA) is 116 Å². The molecule has 0 unspecified atom stereocenters. The highest BCUT2D eigenvalue weighted by Gasteiger charge is 2.33. The number of thioether (sulfide) groups is 1. The van der Waals surface area contributed by atoms with Crippen LogP contribution < -0.4 is 13.8 Å². The van der Waals surface area contributed by atoms with Gasteiger partial charge in [0.05, 0.1) is 28.9 Å². The predicted molar refractivity (Wildman–Crippen MR) is 117 cm³/mol. The van der Waals surface area contributed by atoms with Crippen LogP contribution in [0.3, 0.4) is 0 Å². The second kappa shape index (κ2) is 8.42. The Hall–Kier alpha value is -2.96. The number of carbonyl (C=O) groups excluding carboxylic acids is 1. The summed E-state index contributed by atoms with van der Waals surface area (Å²) in [5.41, 5.74) is 0.890. The summed E-state index contributed by atoms with van der Waals surface area (Å²) in [6, 6.07) is 10.0. The normalized spacial score (nSPS) is 15.5. The number of nitrogens with zero attached hydrogens (tertiary/aromatic N) is 2. The van der Waals surface area contributed by atoms with Gasteiger partial charge in [-0.25, -0.2) is 0 Å². The fraction of sp³-hybridized carbons (Fsp3) is 0.111. The van der Waals surface area contributed by atoms with Gasteiger partial charge in [-0.3, -0.25) is 19.8 Å². The Kier molecular flexibility index (Phi) is 6.10. The molecule has 2 aromatic rings. The SMILES string of the molecule is COc1cc(C=C2SC(=S)N(c3ccc([N+](=O)[O-])cc3)C2=O)ccc1OS(C)(=O)=O. The molecule has 0 radical (unpaired) electrons. The van der Waals surface area contributed by atoms with Gasteiger partial charge in [0.2, 0.25) is 0 Å². The Morgan fingerprint density at radius 3 is 2.40 bits per heavy atom. The van der Waals surface area contributed by atoms with E-state index >= 15 is 0 Å². The average molecular weight is 467 g/mol. The highest BCUT2D eigenvalue weighted by Crippen LogP contribution is 2.37. The van der Waals surface area contributed by atoms with Crippen LogP contribution in [0.1, 0.15) is 5.56 Å². The van der Waals surface area contributed by atoms with Crippen molar-refractivity contribution in [3.8, 4) is 11.5 Å². The molecule has 1 amide bonds. The number of carbonyl (C=O) groups is 1. The van der Waals surface area contributed by atoms with Crippen LogP contribution in [0.2, 0.25) is 0 Å². The quantitative estimate of drug-likeness (QED) is 0.208. The van der Waals surface area contributed by atoms with E-state index in [9.17, 15) is 23.3 Å². The Morgan fingerprint density at radius 1 is 1.17 bits per heavy atom. The maximum Gasteiger partial charge on any atom is 0.306 e. The third kappa shape index (κ3) is 4.78. The minimum absolute atomic E-state index is 0.0237. The van der Waals surface area contributed by atoms with E-state index in [4.69, 9.17) is 21.1 Å². The van der Waals surface area contributed by atoms with Crippen LogP contribution in [0.15, 0.2) is 47.4 Å². The lowest BCUT2D eigenvalue weighted by atomic mass is 10.2. The number of benzene rings is 2. The van der Waals surface area contributed by atoms with Gasteiger partial charge < -0.3 is 8.92 Å². The molecule has 1 aliphatic rings.